The molecular formula is C15H15ClN2O4S2. The van der Waals surface area contributed by atoms with Gasteiger partial charge in [0, 0.05) is 30.2 Å². The first kappa shape index (κ1) is 18.4. The van der Waals surface area contributed by atoms with E-state index >= 15 is 0 Å². The second kappa shape index (κ2) is 7.78. The zero-order valence-corrected chi connectivity index (χ0v) is 15.1. The molecule has 2 rings (SSSR count). The number of hydrogen-bond donors (Lipinski definition) is 2. The molecule has 0 spiro atoms. The molecule has 6 nitrogen and oxygen atoms in total. The van der Waals surface area contributed by atoms with E-state index in [0.717, 1.165) is 6.26 Å². The number of hydrogen-bond acceptors (Lipinski definition) is 5. The summed E-state index contributed by atoms with van der Waals surface area (Å²) < 4.78 is 23.1. The van der Waals surface area contributed by atoms with E-state index in [1.807, 2.05) is 0 Å². The largest absolute Gasteiger partial charge is 0.351 e. The number of amides is 2. The monoisotopic (exact) mass is 386 g/mol. The van der Waals surface area contributed by atoms with E-state index in [2.05, 4.69) is 10.6 Å². The average molecular weight is 387 g/mol. The normalized spacial score (nSPS) is 11.1. The first-order valence-electron chi connectivity index (χ1n) is 6.87. The van der Waals surface area contributed by atoms with Gasteiger partial charge in [-0.1, -0.05) is 11.6 Å². The van der Waals surface area contributed by atoms with Crippen LogP contribution in [0.4, 0.5) is 5.69 Å². The zero-order valence-electron chi connectivity index (χ0n) is 12.7. The van der Waals surface area contributed by atoms with E-state index in [1.54, 1.807) is 16.8 Å². The summed E-state index contributed by atoms with van der Waals surface area (Å²) in [7, 11) is -3.40. The van der Waals surface area contributed by atoms with Crippen molar-refractivity contribution in [2.75, 3.05) is 18.1 Å². The van der Waals surface area contributed by atoms with Gasteiger partial charge in [-0.25, -0.2) is 8.42 Å². The maximum Gasteiger partial charge on any atom is 0.252 e. The second-order valence-corrected chi connectivity index (χ2v) is 8.18. The summed E-state index contributed by atoms with van der Waals surface area (Å²) in [5.74, 6) is -0.630. The van der Waals surface area contributed by atoms with Crippen LogP contribution in [0, 0.1) is 0 Å². The number of thiophene rings is 1. The summed E-state index contributed by atoms with van der Waals surface area (Å²) in [5.41, 5.74) is 0.762. The fourth-order valence-electron chi connectivity index (χ4n) is 1.83. The Morgan fingerprint density at radius 2 is 2.00 bits per heavy atom. The second-order valence-electron chi connectivity index (χ2n) is 4.98. The van der Waals surface area contributed by atoms with Crippen molar-refractivity contribution >= 4 is 50.3 Å². The molecular weight excluding hydrogens is 372 g/mol. The highest BCUT2D eigenvalue weighted by Crippen LogP contribution is 2.25. The SMILES string of the molecule is CS(=O)(=O)c1ccc(Cl)c(NC(=O)CCNC(=O)c2ccsc2)c1. The van der Waals surface area contributed by atoms with Crippen LogP contribution in [0.25, 0.3) is 0 Å². The van der Waals surface area contributed by atoms with Crippen molar-refractivity contribution < 1.29 is 18.0 Å². The molecule has 24 heavy (non-hydrogen) atoms. The maximum absolute atomic E-state index is 11.9. The van der Waals surface area contributed by atoms with Gasteiger partial charge >= 0.3 is 0 Å². The van der Waals surface area contributed by atoms with Gasteiger partial charge in [0.2, 0.25) is 5.91 Å². The van der Waals surface area contributed by atoms with Crippen molar-refractivity contribution in [3.05, 3.63) is 45.6 Å². The van der Waals surface area contributed by atoms with Gasteiger partial charge in [-0.2, -0.15) is 11.3 Å². The Morgan fingerprint density at radius 1 is 1.25 bits per heavy atom. The molecule has 0 aliphatic carbocycles. The molecule has 0 saturated heterocycles. The molecule has 2 amide bonds. The Balaban J connectivity index is 1.92. The van der Waals surface area contributed by atoms with E-state index in [0.29, 0.717) is 5.56 Å². The van der Waals surface area contributed by atoms with Crippen molar-refractivity contribution in [1.82, 2.24) is 5.32 Å². The van der Waals surface area contributed by atoms with Crippen LogP contribution in [-0.2, 0) is 14.6 Å². The molecule has 0 radical (unpaired) electrons. The molecule has 0 fully saturated rings. The van der Waals surface area contributed by atoms with Crippen LogP contribution in [0.2, 0.25) is 5.02 Å². The summed E-state index contributed by atoms with van der Waals surface area (Å²) in [6.07, 6.45) is 1.11. The van der Waals surface area contributed by atoms with Gasteiger partial charge in [-0.3, -0.25) is 9.59 Å². The van der Waals surface area contributed by atoms with Crippen molar-refractivity contribution in [2.24, 2.45) is 0 Å². The van der Waals surface area contributed by atoms with Gasteiger partial charge in [-0.05, 0) is 29.6 Å². The third kappa shape index (κ3) is 5.05. The van der Waals surface area contributed by atoms with Gasteiger partial charge in [-0.15, -0.1) is 0 Å². The molecule has 128 valence electrons. The van der Waals surface area contributed by atoms with Gasteiger partial charge in [0.1, 0.15) is 0 Å². The molecule has 9 heteroatoms. The number of carbonyl (C=O) groups excluding carboxylic acids is 2. The number of anilines is 1. The van der Waals surface area contributed by atoms with E-state index < -0.39 is 9.84 Å². The third-order valence-electron chi connectivity index (χ3n) is 3.06. The van der Waals surface area contributed by atoms with E-state index in [4.69, 9.17) is 11.6 Å². The third-order valence-corrected chi connectivity index (χ3v) is 5.18. The van der Waals surface area contributed by atoms with Crippen LogP contribution in [0.5, 0.6) is 0 Å². The number of sulfone groups is 1. The lowest BCUT2D eigenvalue weighted by Gasteiger charge is -2.09. The molecule has 1 heterocycles. The number of carbonyl (C=O) groups is 2. The van der Waals surface area contributed by atoms with Crippen LogP contribution in [-0.4, -0.2) is 33.0 Å². The van der Waals surface area contributed by atoms with Gasteiger partial charge < -0.3 is 10.6 Å². The van der Waals surface area contributed by atoms with Crippen molar-refractivity contribution in [3.8, 4) is 0 Å². The van der Waals surface area contributed by atoms with E-state index in [1.165, 1.54) is 29.5 Å². The molecule has 1 aromatic carbocycles. The standard InChI is InChI=1S/C15H15ClN2O4S2/c1-24(21,22)11-2-3-12(16)13(8-11)18-14(19)4-6-17-15(20)10-5-7-23-9-10/h2-3,5,7-9H,4,6H2,1H3,(H,17,20)(H,18,19). The van der Waals surface area contributed by atoms with Crippen LogP contribution in [0.3, 0.4) is 0 Å². The van der Waals surface area contributed by atoms with E-state index in [-0.39, 0.29) is 40.4 Å². The van der Waals surface area contributed by atoms with E-state index in [9.17, 15) is 18.0 Å². The highest BCUT2D eigenvalue weighted by molar-refractivity contribution is 7.90. The average Bonchev–Trinajstić information content (AvgIpc) is 3.02. The number of nitrogens with one attached hydrogen (secondary N) is 2. The van der Waals surface area contributed by atoms with Gasteiger partial charge in [0.05, 0.1) is 15.6 Å². The number of benzene rings is 1. The molecule has 0 saturated carbocycles. The quantitative estimate of drug-likeness (QED) is 0.798. The summed E-state index contributed by atoms with van der Waals surface area (Å²) in [4.78, 5) is 23.7. The van der Waals surface area contributed by atoms with Crippen molar-refractivity contribution in [1.29, 1.82) is 0 Å². The number of halogens is 1. The Bertz CT molecular complexity index is 848. The lowest BCUT2D eigenvalue weighted by molar-refractivity contribution is -0.116. The molecule has 0 unspecified atom stereocenters. The summed E-state index contributed by atoms with van der Waals surface area (Å²) in [6.45, 7) is 0.157. The first-order chi connectivity index (χ1) is 11.3. The van der Waals surface area contributed by atoms with Crippen molar-refractivity contribution in [2.45, 2.75) is 11.3 Å². The number of rotatable bonds is 6. The molecule has 0 aliphatic rings. The van der Waals surface area contributed by atoms with Crippen LogP contribution < -0.4 is 10.6 Å². The minimum atomic E-state index is -3.40. The zero-order chi connectivity index (χ0) is 17.7. The lowest BCUT2D eigenvalue weighted by Crippen LogP contribution is -2.27. The van der Waals surface area contributed by atoms with Crippen molar-refractivity contribution in [3.63, 3.8) is 0 Å². The Hall–Kier alpha value is -1.90. The molecule has 2 N–H and O–H groups in total. The molecule has 0 bridgehead atoms. The first-order valence-corrected chi connectivity index (χ1v) is 10.1. The topological polar surface area (TPSA) is 92.3 Å². The minimum absolute atomic E-state index is 0.0370. The van der Waals surface area contributed by atoms with Gasteiger partial charge in [0.25, 0.3) is 5.91 Å². The van der Waals surface area contributed by atoms with Crippen LogP contribution in [0.15, 0.2) is 39.9 Å². The van der Waals surface area contributed by atoms with Gasteiger partial charge in [0.15, 0.2) is 9.84 Å². The highest BCUT2D eigenvalue weighted by atomic mass is 35.5. The minimum Gasteiger partial charge on any atom is -0.351 e. The molecule has 2 aromatic rings. The molecule has 0 atom stereocenters. The molecule has 1 aromatic heterocycles. The predicted molar refractivity (Wildman–Crippen MR) is 94.5 cm³/mol. The maximum atomic E-state index is 11.9. The fraction of sp³-hybridized carbons (Fsp3) is 0.200. The van der Waals surface area contributed by atoms with Crippen LogP contribution in [0.1, 0.15) is 16.8 Å². The Labute approximate surface area is 148 Å². The summed E-state index contributed by atoms with van der Waals surface area (Å²) in [6, 6.07) is 5.77. The highest BCUT2D eigenvalue weighted by Gasteiger charge is 2.12. The smallest absolute Gasteiger partial charge is 0.252 e. The summed E-state index contributed by atoms with van der Waals surface area (Å²) in [5, 5.41) is 8.92. The Kier molecular flexibility index (Phi) is 5.98. The predicted octanol–water partition coefficient (Wildman–Crippen LogP) is 2.56. The fourth-order valence-corrected chi connectivity index (χ4v) is 3.28. The molecule has 0 aliphatic heterocycles. The summed E-state index contributed by atoms with van der Waals surface area (Å²) >= 11 is 7.37. The van der Waals surface area contributed by atoms with Crippen LogP contribution >= 0.6 is 22.9 Å². The lowest BCUT2D eigenvalue weighted by atomic mass is 10.3. The Morgan fingerprint density at radius 3 is 2.62 bits per heavy atom.